The van der Waals surface area contributed by atoms with E-state index in [2.05, 4.69) is 0 Å². The molecule has 0 spiro atoms. The minimum Gasteiger partial charge on any atom is -0.421 e. The Labute approximate surface area is 262 Å². The fraction of sp³-hybridized carbons (Fsp3) is 0.308. The molecule has 5 rings (SSSR count). The fourth-order valence-corrected chi connectivity index (χ4v) is 7.43. The molecule has 0 bridgehead atoms. The van der Waals surface area contributed by atoms with Crippen LogP contribution >= 0.6 is 11.6 Å². The van der Waals surface area contributed by atoms with E-state index < -0.39 is 55.5 Å². The molecule has 2 heterocycles. The summed E-state index contributed by atoms with van der Waals surface area (Å²) >= 11 is 5.94. The normalized spacial score (nSPS) is 20.2. The van der Waals surface area contributed by atoms with Gasteiger partial charge in [0.25, 0.3) is 0 Å². The first-order valence-electron chi connectivity index (χ1n) is 13.0. The molecule has 1 N–H and O–H groups in total. The van der Waals surface area contributed by atoms with Gasteiger partial charge < -0.3 is 13.6 Å². The molecule has 3 aromatic carbocycles. The fourth-order valence-electron chi connectivity index (χ4n) is 5.55. The highest BCUT2D eigenvalue weighted by Crippen LogP contribution is 2.42. The number of hydrogen-bond acceptors (Lipinski definition) is 5. The Morgan fingerprint density at radius 2 is 1.26 bits per heavy atom. The topological polar surface area (TPSA) is 96.1 Å². The lowest BCUT2D eigenvalue weighted by molar-refractivity contribution is -0.799. The second-order valence-electron chi connectivity index (χ2n) is 10.1. The molecule has 1 unspecified atom stereocenters. The van der Waals surface area contributed by atoms with Crippen LogP contribution in [-0.4, -0.2) is 47.5 Å². The highest BCUT2D eigenvalue weighted by molar-refractivity contribution is 8.13. The first-order valence-corrected chi connectivity index (χ1v) is 16.3. The zero-order valence-corrected chi connectivity index (χ0v) is 25.3. The van der Waals surface area contributed by atoms with Crippen molar-refractivity contribution in [2.75, 3.05) is 6.54 Å². The predicted octanol–water partition coefficient (Wildman–Crippen LogP) is 5.13. The summed E-state index contributed by atoms with van der Waals surface area (Å²) in [4.78, 5) is 1.04. The zero-order chi connectivity index (χ0) is 34.3. The van der Waals surface area contributed by atoms with Crippen LogP contribution in [0.25, 0.3) is 4.13 Å². The molecule has 0 aliphatic carbocycles. The number of halogens is 10. The van der Waals surface area contributed by atoms with Crippen molar-refractivity contribution in [1.82, 2.24) is 0 Å². The lowest BCUT2D eigenvalue weighted by atomic mass is 9.69. The van der Waals surface area contributed by atoms with Crippen LogP contribution in [0, 0.1) is 0 Å². The van der Waals surface area contributed by atoms with Gasteiger partial charge in [0.05, 0.1) is 12.1 Å². The van der Waals surface area contributed by atoms with E-state index in [1.54, 1.807) is 0 Å². The van der Waals surface area contributed by atoms with Crippen LogP contribution in [0.3, 0.4) is 0 Å². The molecule has 0 radical (unpaired) electrons. The number of nitrogens with one attached hydrogen (secondary N) is 1. The molecular formula is C26H21BClF9N2O5S2. The highest BCUT2D eigenvalue weighted by atomic mass is 35.5. The van der Waals surface area contributed by atoms with E-state index in [0.717, 1.165) is 45.5 Å². The van der Waals surface area contributed by atoms with Crippen molar-refractivity contribution in [1.29, 1.82) is 0 Å². The first-order chi connectivity index (χ1) is 21.1. The van der Waals surface area contributed by atoms with Gasteiger partial charge >= 0.3 is 24.2 Å². The Bertz CT molecular complexity index is 1680. The van der Waals surface area contributed by atoms with Gasteiger partial charge in [-0.15, -0.1) is 0 Å². The summed E-state index contributed by atoms with van der Waals surface area (Å²) in [7, 11) is -14.2. The molecule has 2 fully saturated rings. The van der Waals surface area contributed by atoms with Crippen LogP contribution in [0.2, 0.25) is 5.02 Å². The van der Waals surface area contributed by atoms with Crippen LogP contribution in [0.1, 0.15) is 29.5 Å². The molecule has 0 saturated carbocycles. The largest absolute Gasteiger partial charge is 0.611 e. The molecule has 250 valence electrons. The van der Waals surface area contributed by atoms with Crippen molar-refractivity contribution in [3.8, 4) is 0 Å². The number of rotatable bonds is 5. The summed E-state index contributed by atoms with van der Waals surface area (Å²) in [6.45, 7) is 0.761. The Hall–Kier alpha value is -2.84. The third-order valence-corrected chi connectivity index (χ3v) is 10.3. The molecule has 0 amide bonds. The molecule has 7 nitrogen and oxygen atoms in total. The first kappa shape index (κ1) is 36.0. The molecule has 2 saturated heterocycles. The van der Waals surface area contributed by atoms with Gasteiger partial charge in [-0.3, -0.25) is 0 Å². The maximum Gasteiger partial charge on any atom is 0.611 e. The van der Waals surface area contributed by atoms with Crippen LogP contribution < -0.4 is 10.3 Å². The van der Waals surface area contributed by atoms with Crippen molar-refractivity contribution >= 4 is 44.2 Å². The number of sulfonamides is 2. The Kier molecular flexibility index (Phi) is 9.90. The lowest BCUT2D eigenvalue weighted by Gasteiger charge is -2.33. The molecule has 3 aromatic rings. The van der Waals surface area contributed by atoms with Crippen LogP contribution in [-0.2, 0) is 36.5 Å². The highest BCUT2D eigenvalue weighted by Gasteiger charge is 2.65. The third kappa shape index (κ3) is 7.03. The predicted molar refractivity (Wildman–Crippen MR) is 149 cm³/mol. The average molecular weight is 723 g/mol. The quantitative estimate of drug-likeness (QED) is 0.291. The second-order valence-corrected chi connectivity index (χ2v) is 14.0. The minimum absolute atomic E-state index is 0.0130. The Morgan fingerprint density at radius 3 is 1.70 bits per heavy atom. The molecule has 46 heavy (non-hydrogen) atoms. The average Bonchev–Trinajstić information content (AvgIpc) is 3.55. The summed E-state index contributed by atoms with van der Waals surface area (Å²) < 4.78 is 158. The number of hydrogen-bond donors (Lipinski definition) is 1. The van der Waals surface area contributed by atoms with E-state index in [1.807, 2.05) is 60.7 Å². The smallest absolute Gasteiger partial charge is 0.421 e. The van der Waals surface area contributed by atoms with Gasteiger partial charge in [-0.05, 0) is 23.3 Å². The van der Waals surface area contributed by atoms with Crippen LogP contribution in [0.4, 0.5) is 39.5 Å². The molecule has 20 heteroatoms. The van der Waals surface area contributed by atoms with E-state index in [-0.39, 0.29) is 16.5 Å². The number of alkyl halides is 9. The summed E-state index contributed by atoms with van der Waals surface area (Å²) in [5, 5.41) is 0.0689. The van der Waals surface area contributed by atoms with Crippen molar-refractivity contribution < 1.29 is 65.8 Å². The standard InChI is InChI=1S/C24H20BClF3NO.C2F6NO4S2/c26-19-13-14-21(20(16-19)24(27,28)29)25-30-15-7-12-22(30)23(31-25,17-8-3-1-4-9-17)18-10-5-2-6-11-18;3-1(4,5)14(10,11)9-15(12,13)2(6,7)8/h1-6,8-11,13-14,16,22H,7,12,15H2;/q;-1/p+1/t22-;/m0./s1. The second kappa shape index (κ2) is 12.6. The van der Waals surface area contributed by atoms with Gasteiger partial charge in [0, 0.05) is 23.3 Å². The maximum atomic E-state index is 13.9. The van der Waals surface area contributed by atoms with Crippen LogP contribution in [0.5, 0.6) is 0 Å². The van der Waals surface area contributed by atoms with E-state index >= 15 is 0 Å². The van der Waals surface area contributed by atoms with E-state index in [0.29, 0.717) is 0 Å². The monoisotopic (exact) mass is 722 g/mol. The molecule has 2 aliphatic rings. The maximum absolute atomic E-state index is 13.9. The minimum atomic E-state index is -6.72. The SMILES string of the molecule is FC(F)(F)c1cc(Cl)ccc1B1OC(c2ccccc2)(c2ccccc2)[C@@H]2CCC[NH+]12.O=S(=O)([N-]S(=O)(=O)C(F)(F)F)C(F)(F)F. The van der Waals surface area contributed by atoms with E-state index in [1.165, 1.54) is 12.1 Å². The molecule has 2 atom stereocenters. The number of quaternary nitrogens is 1. The Balaban J connectivity index is 0.000000273. The van der Waals surface area contributed by atoms with Crippen molar-refractivity contribution in [2.45, 2.75) is 41.7 Å². The van der Waals surface area contributed by atoms with Crippen molar-refractivity contribution in [2.24, 2.45) is 0 Å². The summed E-state index contributed by atoms with van der Waals surface area (Å²) in [5.41, 5.74) is -11.9. The van der Waals surface area contributed by atoms with Gasteiger partial charge in [-0.2, -0.15) is 39.5 Å². The molecular weight excluding hydrogens is 702 g/mol. The van der Waals surface area contributed by atoms with Gasteiger partial charge in [0.1, 0.15) is 6.04 Å². The Morgan fingerprint density at radius 1 is 0.783 bits per heavy atom. The van der Waals surface area contributed by atoms with E-state index in [9.17, 15) is 56.3 Å². The van der Waals surface area contributed by atoms with Crippen LogP contribution in [0.15, 0.2) is 78.9 Å². The van der Waals surface area contributed by atoms with Gasteiger partial charge in [-0.25, -0.2) is 16.8 Å². The van der Waals surface area contributed by atoms with Gasteiger partial charge in [0.15, 0.2) is 25.6 Å². The summed E-state index contributed by atoms with van der Waals surface area (Å²) in [6.07, 6.45) is -2.69. The third-order valence-electron chi connectivity index (χ3n) is 7.33. The van der Waals surface area contributed by atoms with Crippen molar-refractivity contribution in [3.63, 3.8) is 0 Å². The molecule has 0 aromatic heterocycles. The zero-order valence-electron chi connectivity index (χ0n) is 22.9. The molecule has 2 aliphatic heterocycles. The number of fused-ring (bicyclic) bond motifs is 1. The summed E-state index contributed by atoms with van der Waals surface area (Å²) in [6, 6.07) is 23.8. The summed E-state index contributed by atoms with van der Waals surface area (Å²) in [5.74, 6) is 0. The van der Waals surface area contributed by atoms with Gasteiger partial charge in [-0.1, -0.05) is 78.3 Å². The van der Waals surface area contributed by atoms with E-state index in [4.69, 9.17) is 16.3 Å². The lowest BCUT2D eigenvalue weighted by Crippen LogP contribution is -3.19. The van der Waals surface area contributed by atoms with Gasteiger partial charge in [0.2, 0.25) is 0 Å². The van der Waals surface area contributed by atoms with Crippen molar-refractivity contribution in [3.05, 3.63) is 105 Å². The number of nitrogens with zero attached hydrogens (tertiary/aromatic N) is 1. The number of benzene rings is 3.